The van der Waals surface area contributed by atoms with Crippen molar-refractivity contribution in [2.45, 2.75) is 33.4 Å². The number of amides is 2. The molecule has 1 atom stereocenters. The van der Waals surface area contributed by atoms with Gasteiger partial charge in [0.1, 0.15) is 18.0 Å². The molecular weight excluding hydrogens is 238 g/mol. The van der Waals surface area contributed by atoms with Crippen LogP contribution in [0.25, 0.3) is 0 Å². The summed E-state index contributed by atoms with van der Waals surface area (Å²) in [4.78, 5) is 22.6. The maximum absolute atomic E-state index is 11.6. The molecular formula is C11H17N3O4. The van der Waals surface area contributed by atoms with E-state index in [0.29, 0.717) is 5.69 Å². The number of nitrogens with zero attached hydrogens (tertiary/aromatic N) is 1. The molecule has 1 aromatic heterocycles. The Morgan fingerprint density at radius 3 is 2.61 bits per heavy atom. The SMILES string of the molecule is CC(C)(C)C(NC(=O)NCc1ccon1)C(=O)O. The van der Waals surface area contributed by atoms with Crippen molar-refractivity contribution in [3.05, 3.63) is 18.0 Å². The van der Waals surface area contributed by atoms with Gasteiger partial charge in [-0.15, -0.1) is 0 Å². The summed E-state index contributed by atoms with van der Waals surface area (Å²) in [6.07, 6.45) is 1.39. The predicted molar refractivity (Wildman–Crippen MR) is 62.8 cm³/mol. The summed E-state index contributed by atoms with van der Waals surface area (Å²) in [6.45, 7) is 5.40. The number of rotatable bonds is 4. The van der Waals surface area contributed by atoms with Crippen LogP contribution in [0.5, 0.6) is 0 Å². The average Bonchev–Trinajstić information content (AvgIpc) is 2.73. The Morgan fingerprint density at radius 1 is 1.50 bits per heavy atom. The molecule has 1 unspecified atom stereocenters. The maximum Gasteiger partial charge on any atom is 0.326 e. The van der Waals surface area contributed by atoms with Gasteiger partial charge in [0.25, 0.3) is 0 Å². The summed E-state index contributed by atoms with van der Waals surface area (Å²) in [7, 11) is 0. The second-order valence-corrected chi connectivity index (χ2v) is 4.96. The molecule has 0 aliphatic rings. The van der Waals surface area contributed by atoms with Crippen LogP contribution in [0, 0.1) is 5.41 Å². The molecule has 0 saturated heterocycles. The molecule has 0 bridgehead atoms. The van der Waals surface area contributed by atoms with Gasteiger partial charge in [-0.3, -0.25) is 0 Å². The third-order valence-electron chi connectivity index (χ3n) is 2.31. The zero-order chi connectivity index (χ0) is 13.8. The van der Waals surface area contributed by atoms with Crippen LogP contribution in [-0.2, 0) is 11.3 Å². The topological polar surface area (TPSA) is 104 Å². The van der Waals surface area contributed by atoms with Gasteiger partial charge in [0.05, 0.1) is 6.54 Å². The molecule has 2 amide bonds. The van der Waals surface area contributed by atoms with Crippen molar-refractivity contribution in [3.63, 3.8) is 0 Å². The molecule has 0 saturated carbocycles. The minimum absolute atomic E-state index is 0.179. The number of carbonyl (C=O) groups excluding carboxylic acids is 1. The van der Waals surface area contributed by atoms with Crippen LogP contribution in [0.2, 0.25) is 0 Å². The van der Waals surface area contributed by atoms with Gasteiger partial charge in [0.15, 0.2) is 0 Å². The Bertz CT molecular complexity index is 408. The first kappa shape index (κ1) is 14.0. The number of urea groups is 1. The summed E-state index contributed by atoms with van der Waals surface area (Å²) < 4.78 is 4.60. The van der Waals surface area contributed by atoms with Gasteiger partial charge in [0.2, 0.25) is 0 Å². The summed E-state index contributed by atoms with van der Waals surface area (Å²) >= 11 is 0. The molecule has 1 aromatic rings. The lowest BCUT2D eigenvalue weighted by Gasteiger charge is -2.27. The average molecular weight is 255 g/mol. The van der Waals surface area contributed by atoms with E-state index >= 15 is 0 Å². The Kier molecular flexibility index (Phi) is 4.30. The number of hydrogen-bond donors (Lipinski definition) is 3. The third kappa shape index (κ3) is 4.08. The van der Waals surface area contributed by atoms with Crippen LogP contribution in [0.4, 0.5) is 4.79 Å². The van der Waals surface area contributed by atoms with E-state index in [4.69, 9.17) is 5.11 Å². The zero-order valence-corrected chi connectivity index (χ0v) is 10.6. The van der Waals surface area contributed by atoms with Crippen LogP contribution in [0.1, 0.15) is 26.5 Å². The Hall–Kier alpha value is -2.05. The normalized spacial score (nSPS) is 12.8. The number of aliphatic carboxylic acids is 1. The molecule has 0 radical (unpaired) electrons. The van der Waals surface area contributed by atoms with E-state index in [9.17, 15) is 9.59 Å². The minimum atomic E-state index is -1.07. The molecule has 7 heteroatoms. The highest BCUT2D eigenvalue weighted by molar-refractivity contribution is 5.83. The van der Waals surface area contributed by atoms with E-state index in [1.54, 1.807) is 26.8 Å². The first-order chi connectivity index (χ1) is 8.30. The van der Waals surface area contributed by atoms with Crippen molar-refractivity contribution in [1.29, 1.82) is 0 Å². The summed E-state index contributed by atoms with van der Waals surface area (Å²) in [5.74, 6) is -1.07. The smallest absolute Gasteiger partial charge is 0.326 e. The number of nitrogens with one attached hydrogen (secondary N) is 2. The van der Waals surface area contributed by atoms with Crippen molar-refractivity contribution in [2.24, 2.45) is 5.41 Å². The molecule has 0 aliphatic carbocycles. The monoisotopic (exact) mass is 255 g/mol. The molecule has 0 spiro atoms. The van der Waals surface area contributed by atoms with Crippen LogP contribution in [0.3, 0.4) is 0 Å². The van der Waals surface area contributed by atoms with Crippen LogP contribution >= 0.6 is 0 Å². The van der Waals surface area contributed by atoms with Crippen molar-refractivity contribution in [3.8, 4) is 0 Å². The van der Waals surface area contributed by atoms with Gasteiger partial charge in [-0.05, 0) is 5.41 Å². The first-order valence-electron chi connectivity index (χ1n) is 5.47. The highest BCUT2D eigenvalue weighted by Crippen LogP contribution is 2.19. The summed E-state index contributed by atoms with van der Waals surface area (Å²) in [6, 6.07) is 0.0914. The van der Waals surface area contributed by atoms with Crippen LogP contribution in [0.15, 0.2) is 16.9 Å². The quantitative estimate of drug-likeness (QED) is 0.743. The van der Waals surface area contributed by atoms with Crippen LogP contribution in [-0.4, -0.2) is 28.3 Å². The van der Waals surface area contributed by atoms with Crippen molar-refractivity contribution >= 4 is 12.0 Å². The number of carboxylic acid groups (broad SMARTS) is 1. The first-order valence-corrected chi connectivity index (χ1v) is 5.47. The lowest BCUT2D eigenvalue weighted by molar-refractivity contribution is -0.141. The van der Waals surface area contributed by atoms with E-state index in [1.807, 2.05) is 0 Å². The second kappa shape index (κ2) is 5.52. The summed E-state index contributed by atoms with van der Waals surface area (Å²) in [5, 5.41) is 17.6. The lowest BCUT2D eigenvalue weighted by atomic mass is 9.87. The van der Waals surface area contributed by atoms with Gasteiger partial charge in [-0.25, -0.2) is 9.59 Å². The van der Waals surface area contributed by atoms with E-state index in [0.717, 1.165) is 0 Å². The standard InChI is InChI=1S/C11H17N3O4/c1-11(2,3)8(9(15)16)13-10(17)12-6-7-4-5-18-14-7/h4-5,8H,6H2,1-3H3,(H,15,16)(H2,12,13,17). The van der Waals surface area contributed by atoms with E-state index in [-0.39, 0.29) is 6.54 Å². The number of aromatic nitrogens is 1. The number of carbonyl (C=O) groups is 2. The second-order valence-electron chi connectivity index (χ2n) is 4.96. The number of hydrogen-bond acceptors (Lipinski definition) is 4. The van der Waals surface area contributed by atoms with E-state index < -0.39 is 23.5 Å². The predicted octanol–water partition coefficient (Wildman–Crippen LogP) is 0.973. The van der Waals surface area contributed by atoms with Gasteiger partial charge >= 0.3 is 12.0 Å². The van der Waals surface area contributed by atoms with Crippen molar-refractivity contribution < 1.29 is 19.2 Å². The van der Waals surface area contributed by atoms with Crippen molar-refractivity contribution in [1.82, 2.24) is 15.8 Å². The van der Waals surface area contributed by atoms with E-state index in [1.165, 1.54) is 6.26 Å². The van der Waals surface area contributed by atoms with Gasteiger partial charge in [0, 0.05) is 6.07 Å². The fourth-order valence-electron chi connectivity index (χ4n) is 1.33. The third-order valence-corrected chi connectivity index (χ3v) is 2.31. The molecule has 3 N–H and O–H groups in total. The fraction of sp³-hybridized carbons (Fsp3) is 0.545. The largest absolute Gasteiger partial charge is 0.480 e. The zero-order valence-electron chi connectivity index (χ0n) is 10.6. The molecule has 0 aromatic carbocycles. The molecule has 0 fully saturated rings. The summed E-state index contributed by atoms with van der Waals surface area (Å²) in [5.41, 5.74) is -0.00959. The van der Waals surface area contributed by atoms with Crippen molar-refractivity contribution in [2.75, 3.05) is 0 Å². The lowest BCUT2D eigenvalue weighted by Crippen LogP contribution is -2.52. The van der Waals surface area contributed by atoms with Gasteiger partial charge in [-0.2, -0.15) is 0 Å². The van der Waals surface area contributed by atoms with Gasteiger partial charge < -0.3 is 20.3 Å². The molecule has 1 rings (SSSR count). The van der Waals surface area contributed by atoms with Crippen LogP contribution < -0.4 is 10.6 Å². The molecule has 7 nitrogen and oxygen atoms in total. The Balaban J connectivity index is 2.49. The van der Waals surface area contributed by atoms with E-state index in [2.05, 4.69) is 20.3 Å². The minimum Gasteiger partial charge on any atom is -0.480 e. The molecule has 100 valence electrons. The maximum atomic E-state index is 11.6. The fourth-order valence-corrected chi connectivity index (χ4v) is 1.33. The van der Waals surface area contributed by atoms with Gasteiger partial charge in [-0.1, -0.05) is 25.9 Å². The Labute approximate surface area is 105 Å². The Morgan fingerprint density at radius 2 is 2.17 bits per heavy atom. The highest BCUT2D eigenvalue weighted by atomic mass is 16.5. The molecule has 1 heterocycles. The number of carboxylic acids is 1. The molecule has 18 heavy (non-hydrogen) atoms. The highest BCUT2D eigenvalue weighted by Gasteiger charge is 2.32. The molecule has 0 aliphatic heterocycles.